The van der Waals surface area contributed by atoms with Crippen LogP contribution in [0.2, 0.25) is 0 Å². The fraction of sp³-hybridized carbons (Fsp3) is 1.00. The van der Waals surface area contributed by atoms with Gasteiger partial charge in [0.25, 0.3) is 10.1 Å². The Bertz CT molecular complexity index is 388. The van der Waals surface area contributed by atoms with Crippen LogP contribution in [-0.4, -0.2) is 46.3 Å². The number of hydrogen-bond acceptors (Lipinski definition) is 4. The van der Waals surface area contributed by atoms with Gasteiger partial charge in [0, 0.05) is 0 Å². The Labute approximate surface area is 197 Å². The molecule has 0 saturated carbocycles. The van der Waals surface area contributed by atoms with E-state index < -0.39 is 10.1 Å². The van der Waals surface area contributed by atoms with E-state index in [1.807, 2.05) is 0 Å². The van der Waals surface area contributed by atoms with E-state index in [9.17, 15) is 8.42 Å². The summed E-state index contributed by atoms with van der Waals surface area (Å²) in [6.07, 6.45) is 26.7. The first-order valence-electron chi connectivity index (χ1n) is 13.4. The third kappa shape index (κ3) is 32.1. The van der Waals surface area contributed by atoms with E-state index in [0.29, 0.717) is 0 Å². The first-order valence-corrected chi connectivity index (χ1v) is 15.2. The van der Waals surface area contributed by atoms with Crippen LogP contribution in [-0.2, 0) is 14.3 Å². The second-order valence-corrected chi connectivity index (χ2v) is 10.8. The lowest BCUT2D eigenvalue weighted by Crippen LogP contribution is -2.27. The van der Waals surface area contributed by atoms with E-state index in [0.717, 1.165) is 13.4 Å². The minimum Gasteiger partial charge on any atom is -0.303 e. The molecule has 0 atom stereocenters. The second kappa shape index (κ2) is 26.1. The van der Waals surface area contributed by atoms with Gasteiger partial charge in [0.1, 0.15) is 0 Å². The lowest BCUT2D eigenvalue weighted by molar-refractivity contribution is 0.254. The molecule has 0 aliphatic carbocycles. The first kappa shape index (κ1) is 33.0. The first-order chi connectivity index (χ1) is 14.9. The van der Waals surface area contributed by atoms with Crippen molar-refractivity contribution in [2.45, 2.75) is 136 Å². The lowest BCUT2D eigenvalue weighted by Gasteiger charge is -2.22. The molecule has 0 aliphatic rings. The van der Waals surface area contributed by atoms with Crippen LogP contribution < -0.4 is 0 Å². The monoisotopic (exact) mass is 463 g/mol. The van der Waals surface area contributed by atoms with E-state index in [-0.39, 0.29) is 0 Å². The Hall–Kier alpha value is -0.130. The Morgan fingerprint density at radius 2 is 0.742 bits per heavy atom. The van der Waals surface area contributed by atoms with E-state index in [2.05, 4.69) is 29.9 Å². The summed E-state index contributed by atoms with van der Waals surface area (Å²) in [6.45, 7) is 11.0. The van der Waals surface area contributed by atoms with Crippen molar-refractivity contribution in [2.24, 2.45) is 0 Å². The predicted octanol–water partition coefficient (Wildman–Crippen LogP) is 7.96. The topological polar surface area (TPSA) is 46.6 Å². The Morgan fingerprint density at radius 1 is 0.516 bits per heavy atom. The van der Waals surface area contributed by atoms with Crippen molar-refractivity contribution >= 4 is 10.1 Å². The Morgan fingerprint density at radius 3 is 0.968 bits per heavy atom. The average molecular weight is 464 g/mol. The van der Waals surface area contributed by atoms with Crippen LogP contribution >= 0.6 is 0 Å². The Kier molecular flexibility index (Phi) is 27.8. The summed E-state index contributed by atoms with van der Waals surface area (Å²) < 4.78 is 23.5. The number of rotatable bonds is 22. The van der Waals surface area contributed by atoms with Crippen LogP contribution in [0.15, 0.2) is 0 Å². The molecule has 0 spiro atoms. The van der Waals surface area contributed by atoms with Gasteiger partial charge in [-0.1, -0.05) is 117 Å². The van der Waals surface area contributed by atoms with Crippen molar-refractivity contribution in [3.05, 3.63) is 0 Å². The molecular weight excluding hydrogens is 406 g/mol. The molecular formula is C26H57NO3S. The maximum Gasteiger partial charge on any atom is 0.264 e. The van der Waals surface area contributed by atoms with Crippen molar-refractivity contribution in [2.75, 3.05) is 33.0 Å². The molecule has 5 heteroatoms. The van der Waals surface area contributed by atoms with E-state index in [1.54, 1.807) is 0 Å². The van der Waals surface area contributed by atoms with Gasteiger partial charge in [-0.25, -0.2) is 0 Å². The molecule has 0 aromatic rings. The SMILES string of the molecule is CCCCCCCCN(CCCCCCCC)CCCCCCCC.COS(C)(=O)=O. The molecule has 0 aromatic carbocycles. The number of nitrogens with zero attached hydrogens (tertiary/aromatic N) is 1. The number of hydrogen-bond donors (Lipinski definition) is 0. The van der Waals surface area contributed by atoms with Gasteiger partial charge in [0.2, 0.25) is 0 Å². The van der Waals surface area contributed by atoms with Crippen LogP contribution in [0.25, 0.3) is 0 Å². The van der Waals surface area contributed by atoms with E-state index in [4.69, 9.17) is 0 Å². The highest BCUT2D eigenvalue weighted by atomic mass is 32.2. The molecule has 0 radical (unpaired) electrons. The van der Waals surface area contributed by atoms with Crippen LogP contribution in [0.3, 0.4) is 0 Å². The van der Waals surface area contributed by atoms with Gasteiger partial charge in [0.05, 0.1) is 13.4 Å². The maximum atomic E-state index is 9.78. The quantitative estimate of drug-likeness (QED) is 0.121. The van der Waals surface area contributed by atoms with Crippen molar-refractivity contribution in [3.63, 3.8) is 0 Å². The molecule has 190 valence electrons. The van der Waals surface area contributed by atoms with Gasteiger partial charge in [-0.05, 0) is 38.9 Å². The lowest BCUT2D eigenvalue weighted by atomic mass is 10.1. The minimum atomic E-state index is -3.16. The van der Waals surface area contributed by atoms with Crippen molar-refractivity contribution in [1.29, 1.82) is 0 Å². The molecule has 31 heavy (non-hydrogen) atoms. The fourth-order valence-electron chi connectivity index (χ4n) is 3.68. The summed E-state index contributed by atoms with van der Waals surface area (Å²) in [7, 11) is -2.04. The molecule has 0 unspecified atom stereocenters. The maximum absolute atomic E-state index is 9.78. The van der Waals surface area contributed by atoms with Crippen LogP contribution in [0.5, 0.6) is 0 Å². The zero-order valence-electron chi connectivity index (χ0n) is 21.9. The summed E-state index contributed by atoms with van der Waals surface area (Å²) in [4.78, 5) is 2.79. The standard InChI is InChI=1S/C24H51N.C2H6O3S/c1-4-7-10-13-16-19-22-25(23-20-17-14-11-8-5-2)24-21-18-15-12-9-6-3;1-5-6(2,3)4/h4-24H2,1-3H3;1-2H3. The van der Waals surface area contributed by atoms with Gasteiger partial charge in [-0.15, -0.1) is 0 Å². The molecule has 0 heterocycles. The molecule has 0 aliphatic heterocycles. The van der Waals surface area contributed by atoms with Crippen LogP contribution in [0.4, 0.5) is 0 Å². The van der Waals surface area contributed by atoms with Crippen molar-refractivity contribution < 1.29 is 12.6 Å². The molecule has 0 aromatic heterocycles. The van der Waals surface area contributed by atoms with E-state index in [1.165, 1.54) is 135 Å². The van der Waals surface area contributed by atoms with Gasteiger partial charge >= 0.3 is 0 Å². The van der Waals surface area contributed by atoms with Gasteiger partial charge in [0.15, 0.2) is 0 Å². The van der Waals surface area contributed by atoms with Gasteiger partial charge in [-0.3, -0.25) is 4.18 Å². The van der Waals surface area contributed by atoms with Gasteiger partial charge in [-0.2, -0.15) is 8.42 Å². The predicted molar refractivity (Wildman–Crippen MR) is 138 cm³/mol. The number of unbranched alkanes of at least 4 members (excludes halogenated alkanes) is 15. The second-order valence-electron chi connectivity index (χ2n) is 9.02. The molecule has 0 saturated heterocycles. The largest absolute Gasteiger partial charge is 0.303 e. The zero-order chi connectivity index (χ0) is 23.6. The summed E-state index contributed by atoms with van der Waals surface area (Å²) in [6, 6.07) is 0. The normalized spacial score (nSPS) is 11.5. The molecule has 0 bridgehead atoms. The molecule has 0 amide bonds. The summed E-state index contributed by atoms with van der Waals surface area (Å²) in [5.74, 6) is 0. The summed E-state index contributed by atoms with van der Waals surface area (Å²) in [5, 5.41) is 0. The third-order valence-corrected chi connectivity index (χ3v) is 6.39. The molecule has 0 N–H and O–H groups in total. The highest BCUT2D eigenvalue weighted by Gasteiger charge is 2.05. The van der Waals surface area contributed by atoms with Gasteiger partial charge < -0.3 is 4.90 Å². The van der Waals surface area contributed by atoms with Crippen molar-refractivity contribution in [1.82, 2.24) is 4.90 Å². The Balaban J connectivity index is 0. The smallest absolute Gasteiger partial charge is 0.264 e. The summed E-state index contributed by atoms with van der Waals surface area (Å²) in [5.41, 5.74) is 0. The third-order valence-electron chi connectivity index (χ3n) is 5.79. The highest BCUT2D eigenvalue weighted by molar-refractivity contribution is 7.85. The average Bonchev–Trinajstić information content (AvgIpc) is 2.74. The highest BCUT2D eigenvalue weighted by Crippen LogP contribution is 2.11. The van der Waals surface area contributed by atoms with Crippen LogP contribution in [0, 0.1) is 0 Å². The van der Waals surface area contributed by atoms with Crippen LogP contribution in [0.1, 0.15) is 136 Å². The molecule has 4 nitrogen and oxygen atoms in total. The minimum absolute atomic E-state index is 0.993. The molecule has 0 fully saturated rings. The molecule has 0 rings (SSSR count). The zero-order valence-corrected chi connectivity index (χ0v) is 22.7. The van der Waals surface area contributed by atoms with E-state index >= 15 is 0 Å². The van der Waals surface area contributed by atoms with Crippen molar-refractivity contribution in [3.8, 4) is 0 Å². The summed E-state index contributed by atoms with van der Waals surface area (Å²) >= 11 is 0. The fourth-order valence-corrected chi connectivity index (χ4v) is 3.68.